The first-order valence-electron chi connectivity index (χ1n) is 8.40. The molecule has 0 amide bonds. The minimum absolute atomic E-state index is 0.322. The Morgan fingerprint density at radius 1 is 1.15 bits per heavy atom. The van der Waals surface area contributed by atoms with Gasteiger partial charge in [0.2, 0.25) is 0 Å². The highest BCUT2D eigenvalue weighted by molar-refractivity contribution is 5.16. The van der Waals surface area contributed by atoms with Crippen LogP contribution in [0.4, 0.5) is 0 Å². The van der Waals surface area contributed by atoms with Crippen molar-refractivity contribution in [1.82, 2.24) is 0 Å². The van der Waals surface area contributed by atoms with Crippen molar-refractivity contribution in [3.05, 3.63) is 0 Å². The maximum Gasteiger partial charge on any atom is 0.0863 e. The van der Waals surface area contributed by atoms with Crippen LogP contribution in [0, 0.1) is 34.0 Å². The minimum Gasteiger partial charge on any atom is -0.388 e. The summed E-state index contributed by atoms with van der Waals surface area (Å²) in [5.41, 5.74) is -0.868. The van der Waals surface area contributed by atoms with Crippen LogP contribution < -0.4 is 0 Å². The number of hydrogen-bond donors (Lipinski definition) is 1. The molecule has 2 saturated carbocycles. The van der Waals surface area contributed by atoms with Gasteiger partial charge in [-0.2, -0.15) is 5.26 Å². The molecule has 2 atom stereocenters. The van der Waals surface area contributed by atoms with Crippen LogP contribution in [-0.4, -0.2) is 10.7 Å². The van der Waals surface area contributed by atoms with Crippen LogP contribution in [-0.2, 0) is 0 Å². The Bertz CT molecular complexity index is 381. The van der Waals surface area contributed by atoms with Crippen LogP contribution in [0.15, 0.2) is 0 Å². The Balaban J connectivity index is 2.11. The predicted octanol–water partition coefficient (Wildman–Crippen LogP) is 4.67. The van der Waals surface area contributed by atoms with Crippen molar-refractivity contribution < 1.29 is 5.11 Å². The molecule has 0 aromatic rings. The zero-order chi connectivity index (χ0) is 15.0. The molecule has 0 aromatic carbocycles. The van der Waals surface area contributed by atoms with Gasteiger partial charge in [-0.05, 0) is 62.2 Å². The smallest absolute Gasteiger partial charge is 0.0863 e. The van der Waals surface area contributed by atoms with Gasteiger partial charge in [0.1, 0.15) is 0 Å². The molecule has 2 fully saturated rings. The van der Waals surface area contributed by atoms with Crippen LogP contribution in [0.2, 0.25) is 0 Å². The normalized spacial score (nSPS) is 42.4. The first-order chi connectivity index (χ1) is 9.26. The molecule has 0 heterocycles. The van der Waals surface area contributed by atoms with E-state index >= 15 is 0 Å². The number of aliphatic hydroxyl groups is 1. The Hall–Kier alpha value is -0.550. The molecule has 0 saturated heterocycles. The summed E-state index contributed by atoms with van der Waals surface area (Å²) in [6, 6.07) is 2.56. The molecule has 2 unspecified atom stereocenters. The molecule has 0 aliphatic heterocycles. The van der Waals surface area contributed by atoms with Gasteiger partial charge < -0.3 is 5.11 Å². The van der Waals surface area contributed by atoms with Gasteiger partial charge in [-0.15, -0.1) is 0 Å². The monoisotopic (exact) mass is 277 g/mol. The minimum atomic E-state index is -0.729. The molecule has 0 radical (unpaired) electrons. The molecule has 0 spiro atoms. The molecule has 0 aromatic heterocycles. The molecule has 114 valence electrons. The second-order valence-electron chi connectivity index (χ2n) is 8.38. The second kappa shape index (κ2) is 5.34. The van der Waals surface area contributed by atoms with Crippen LogP contribution in [0.3, 0.4) is 0 Å². The average molecular weight is 277 g/mol. The third-order valence-electron chi connectivity index (χ3n) is 6.34. The van der Waals surface area contributed by atoms with E-state index < -0.39 is 11.0 Å². The maximum absolute atomic E-state index is 11.2. The molecule has 2 heteroatoms. The van der Waals surface area contributed by atoms with Crippen LogP contribution in [0.5, 0.6) is 0 Å². The molecular formula is C18H31NO. The van der Waals surface area contributed by atoms with Gasteiger partial charge in [-0.1, -0.05) is 34.1 Å². The number of rotatable bonds is 2. The lowest BCUT2D eigenvalue weighted by Gasteiger charge is -2.47. The third-order valence-corrected chi connectivity index (χ3v) is 6.34. The molecule has 2 nitrogen and oxygen atoms in total. The average Bonchev–Trinajstić information content (AvgIpc) is 2.83. The largest absolute Gasteiger partial charge is 0.388 e. The summed E-state index contributed by atoms with van der Waals surface area (Å²) in [6.07, 6.45) is 7.85. The highest BCUT2D eigenvalue weighted by Gasteiger charge is 2.55. The number of nitrogens with zero attached hydrogens (tertiary/aromatic N) is 1. The predicted molar refractivity (Wildman–Crippen MR) is 82.0 cm³/mol. The molecule has 0 bridgehead atoms. The fourth-order valence-corrected chi connectivity index (χ4v) is 4.56. The van der Waals surface area contributed by atoms with Crippen molar-refractivity contribution in [2.24, 2.45) is 22.7 Å². The summed E-state index contributed by atoms with van der Waals surface area (Å²) >= 11 is 0. The molecule has 1 N–H and O–H groups in total. The van der Waals surface area contributed by atoms with E-state index in [4.69, 9.17) is 0 Å². The topological polar surface area (TPSA) is 44.0 Å². The first-order valence-corrected chi connectivity index (χ1v) is 8.40. The van der Waals surface area contributed by atoms with Crippen molar-refractivity contribution in [3.63, 3.8) is 0 Å². The summed E-state index contributed by atoms with van der Waals surface area (Å²) in [6.45, 7) is 9.10. The molecule has 2 aliphatic carbocycles. The fraction of sp³-hybridized carbons (Fsp3) is 0.944. The summed E-state index contributed by atoms with van der Waals surface area (Å²) in [5.74, 6) is 1.32. The van der Waals surface area contributed by atoms with E-state index in [2.05, 4.69) is 33.8 Å². The second-order valence-corrected chi connectivity index (χ2v) is 8.38. The van der Waals surface area contributed by atoms with E-state index in [-0.39, 0.29) is 0 Å². The molecule has 2 aliphatic rings. The Morgan fingerprint density at radius 2 is 1.75 bits per heavy atom. The van der Waals surface area contributed by atoms with Crippen molar-refractivity contribution in [3.8, 4) is 6.07 Å². The molecule has 2 rings (SSSR count). The van der Waals surface area contributed by atoms with Crippen molar-refractivity contribution >= 4 is 0 Å². The molecule has 20 heavy (non-hydrogen) atoms. The van der Waals surface area contributed by atoms with E-state index in [0.29, 0.717) is 17.3 Å². The Labute approximate surface area is 124 Å². The fourth-order valence-electron chi connectivity index (χ4n) is 4.56. The van der Waals surface area contributed by atoms with E-state index in [1.165, 1.54) is 0 Å². The van der Waals surface area contributed by atoms with Crippen LogP contribution in [0.1, 0.15) is 79.1 Å². The quantitative estimate of drug-likeness (QED) is 0.797. The van der Waals surface area contributed by atoms with Gasteiger partial charge in [0.15, 0.2) is 0 Å². The zero-order valence-corrected chi connectivity index (χ0v) is 13.7. The van der Waals surface area contributed by atoms with Gasteiger partial charge in [0.25, 0.3) is 0 Å². The van der Waals surface area contributed by atoms with Gasteiger partial charge in [-0.3, -0.25) is 0 Å². The van der Waals surface area contributed by atoms with Gasteiger partial charge in [0, 0.05) is 0 Å². The van der Waals surface area contributed by atoms with Gasteiger partial charge in [0.05, 0.1) is 17.1 Å². The van der Waals surface area contributed by atoms with Crippen molar-refractivity contribution in [2.75, 3.05) is 0 Å². The van der Waals surface area contributed by atoms with Crippen molar-refractivity contribution in [2.45, 2.75) is 84.7 Å². The van der Waals surface area contributed by atoms with Gasteiger partial charge >= 0.3 is 0 Å². The highest BCUT2D eigenvalue weighted by atomic mass is 16.3. The summed E-state index contributed by atoms with van der Waals surface area (Å²) in [5, 5.41) is 21.0. The number of nitriles is 1. The first kappa shape index (κ1) is 15.8. The molecular weight excluding hydrogens is 246 g/mol. The zero-order valence-electron chi connectivity index (χ0n) is 13.7. The Kier molecular flexibility index (Phi) is 4.22. The van der Waals surface area contributed by atoms with Gasteiger partial charge in [-0.25, -0.2) is 0 Å². The van der Waals surface area contributed by atoms with E-state index in [1.807, 2.05) is 0 Å². The van der Waals surface area contributed by atoms with E-state index in [0.717, 1.165) is 51.4 Å². The lowest BCUT2D eigenvalue weighted by atomic mass is 9.59. The van der Waals surface area contributed by atoms with Crippen LogP contribution in [0.25, 0.3) is 0 Å². The summed E-state index contributed by atoms with van der Waals surface area (Å²) in [4.78, 5) is 0. The highest BCUT2D eigenvalue weighted by Crippen LogP contribution is 2.56. The Morgan fingerprint density at radius 3 is 2.15 bits per heavy atom. The number of hydrogen-bond acceptors (Lipinski definition) is 2. The van der Waals surface area contributed by atoms with Crippen LogP contribution >= 0.6 is 0 Å². The maximum atomic E-state index is 11.2. The van der Waals surface area contributed by atoms with Crippen molar-refractivity contribution in [1.29, 1.82) is 5.26 Å². The standard InChI is InChI=1S/C18H31NO/c1-5-14-6-9-17(12-14,13-19)18(20)10-7-15(8-11-18)16(2,3)4/h14-15,20H,5-12H2,1-4H3. The third kappa shape index (κ3) is 2.62. The SMILES string of the molecule is CCC1CCC(C#N)(C2(O)CCC(C(C)(C)C)CC2)C1. The van der Waals surface area contributed by atoms with E-state index in [1.54, 1.807) is 0 Å². The summed E-state index contributed by atoms with van der Waals surface area (Å²) < 4.78 is 0. The van der Waals surface area contributed by atoms with E-state index in [9.17, 15) is 10.4 Å². The lowest BCUT2D eigenvalue weighted by Crippen LogP contribution is -2.49. The summed E-state index contributed by atoms with van der Waals surface area (Å²) in [7, 11) is 0. The lowest BCUT2D eigenvalue weighted by molar-refractivity contribution is -0.0985.